The van der Waals surface area contributed by atoms with E-state index in [2.05, 4.69) is 15.2 Å². The van der Waals surface area contributed by atoms with Crippen molar-refractivity contribution in [2.24, 2.45) is 0 Å². The van der Waals surface area contributed by atoms with Gasteiger partial charge in [0.2, 0.25) is 0 Å². The molecule has 2 heterocycles. The van der Waals surface area contributed by atoms with E-state index in [1.54, 1.807) is 12.4 Å². The first-order chi connectivity index (χ1) is 9.16. The van der Waals surface area contributed by atoms with Crippen LogP contribution in [-0.2, 0) is 0 Å². The minimum absolute atomic E-state index is 0.0260. The highest BCUT2D eigenvalue weighted by Crippen LogP contribution is 2.12. The second kappa shape index (κ2) is 6.22. The Hall–Kier alpha value is -2.04. The lowest BCUT2D eigenvalue weighted by Gasteiger charge is -2.35. The minimum atomic E-state index is -0.0260. The molecule has 0 saturated carbocycles. The Kier molecular flexibility index (Phi) is 4.39. The summed E-state index contributed by atoms with van der Waals surface area (Å²) < 4.78 is 0. The second-order valence-corrected chi connectivity index (χ2v) is 4.83. The van der Waals surface area contributed by atoms with Crippen molar-refractivity contribution in [3.8, 4) is 0 Å². The molecule has 0 atom stereocenters. The van der Waals surface area contributed by atoms with Gasteiger partial charge in [0.15, 0.2) is 0 Å². The lowest BCUT2D eigenvalue weighted by molar-refractivity contribution is 0.198. The molecule has 19 heavy (non-hydrogen) atoms. The molecule has 0 unspecified atom stereocenters. The van der Waals surface area contributed by atoms with Crippen LogP contribution in [0.2, 0.25) is 0 Å². The number of carbonyl (C=O) groups excluding carboxylic acids is 1. The Morgan fingerprint density at radius 2 is 2.00 bits per heavy atom. The van der Waals surface area contributed by atoms with Crippen molar-refractivity contribution in [1.82, 2.24) is 15.2 Å². The fourth-order valence-corrected chi connectivity index (χ4v) is 1.98. The summed E-state index contributed by atoms with van der Waals surface area (Å²) in [6.45, 7) is 7.00. The monoisotopic (exact) mass is 260 g/mol. The van der Waals surface area contributed by atoms with Gasteiger partial charge in [0.1, 0.15) is 5.82 Å². The Labute approximate surface area is 113 Å². The molecular weight excluding hydrogens is 240 g/mol. The maximum absolute atomic E-state index is 11.9. The first-order valence-corrected chi connectivity index (χ1v) is 6.51. The topological polar surface area (TPSA) is 48.5 Å². The number of aromatic nitrogens is 1. The summed E-state index contributed by atoms with van der Waals surface area (Å²) in [4.78, 5) is 20.2. The van der Waals surface area contributed by atoms with Gasteiger partial charge in [0.05, 0.1) is 0 Å². The third-order valence-electron chi connectivity index (χ3n) is 3.02. The summed E-state index contributed by atoms with van der Waals surface area (Å²) in [5.41, 5.74) is 1.08. The maximum atomic E-state index is 11.9. The van der Waals surface area contributed by atoms with Gasteiger partial charge in [-0.05, 0) is 26.0 Å². The molecule has 1 aromatic heterocycles. The molecule has 5 heteroatoms. The number of rotatable bonds is 2. The zero-order valence-corrected chi connectivity index (χ0v) is 11.5. The molecule has 0 aliphatic carbocycles. The number of hydrogen-bond donors (Lipinski definition) is 1. The molecule has 1 saturated heterocycles. The first-order valence-electron chi connectivity index (χ1n) is 6.51. The number of anilines is 1. The fraction of sp³-hybridized carbons (Fsp3) is 0.429. The van der Waals surface area contributed by atoms with Crippen molar-refractivity contribution < 1.29 is 4.79 Å². The molecule has 1 aliphatic rings. The van der Waals surface area contributed by atoms with Crippen LogP contribution in [0.1, 0.15) is 13.8 Å². The summed E-state index contributed by atoms with van der Waals surface area (Å²) in [6.07, 6.45) is 3.54. The van der Waals surface area contributed by atoms with Crippen LogP contribution in [0.5, 0.6) is 0 Å². The van der Waals surface area contributed by atoms with Crippen LogP contribution in [0.3, 0.4) is 0 Å². The molecule has 1 aromatic rings. The summed E-state index contributed by atoms with van der Waals surface area (Å²) in [6, 6.07) is 5.86. The van der Waals surface area contributed by atoms with E-state index in [0.717, 1.165) is 37.6 Å². The Morgan fingerprint density at radius 3 is 2.58 bits per heavy atom. The van der Waals surface area contributed by atoms with Gasteiger partial charge >= 0.3 is 6.03 Å². The van der Waals surface area contributed by atoms with Gasteiger partial charge < -0.3 is 15.1 Å². The van der Waals surface area contributed by atoms with Crippen molar-refractivity contribution in [3.05, 3.63) is 36.2 Å². The summed E-state index contributed by atoms with van der Waals surface area (Å²) in [7, 11) is 0. The molecule has 1 N–H and O–H groups in total. The maximum Gasteiger partial charge on any atom is 0.321 e. The molecule has 1 fully saturated rings. The fourth-order valence-electron chi connectivity index (χ4n) is 1.98. The van der Waals surface area contributed by atoms with Crippen molar-refractivity contribution in [1.29, 1.82) is 0 Å². The number of urea groups is 1. The number of allylic oxidation sites excluding steroid dienone is 1. The zero-order chi connectivity index (χ0) is 13.7. The van der Waals surface area contributed by atoms with Crippen LogP contribution in [-0.4, -0.2) is 42.1 Å². The Balaban J connectivity index is 1.86. The lowest BCUT2D eigenvalue weighted by atomic mass is 10.3. The van der Waals surface area contributed by atoms with Crippen LogP contribution in [0.25, 0.3) is 0 Å². The van der Waals surface area contributed by atoms with Gasteiger partial charge in [0.25, 0.3) is 0 Å². The average Bonchev–Trinajstić information content (AvgIpc) is 2.46. The molecule has 102 valence electrons. The predicted octanol–water partition coefficient (Wildman–Crippen LogP) is 1.84. The van der Waals surface area contributed by atoms with Crippen LogP contribution < -0.4 is 10.2 Å². The summed E-state index contributed by atoms with van der Waals surface area (Å²) in [5, 5.41) is 2.80. The third-order valence-corrected chi connectivity index (χ3v) is 3.02. The van der Waals surface area contributed by atoms with E-state index in [9.17, 15) is 4.79 Å². The quantitative estimate of drug-likeness (QED) is 0.882. The highest BCUT2D eigenvalue weighted by molar-refractivity contribution is 5.75. The highest BCUT2D eigenvalue weighted by atomic mass is 16.2. The van der Waals surface area contributed by atoms with E-state index in [-0.39, 0.29) is 6.03 Å². The number of piperazine rings is 1. The van der Waals surface area contributed by atoms with Crippen molar-refractivity contribution in [2.75, 3.05) is 31.1 Å². The van der Waals surface area contributed by atoms with Gasteiger partial charge in [-0.3, -0.25) is 0 Å². The lowest BCUT2D eigenvalue weighted by Crippen LogP contribution is -2.51. The molecule has 0 radical (unpaired) electrons. The van der Waals surface area contributed by atoms with E-state index in [0.29, 0.717) is 0 Å². The average molecular weight is 260 g/mol. The Bertz CT molecular complexity index is 446. The van der Waals surface area contributed by atoms with Crippen molar-refractivity contribution in [2.45, 2.75) is 13.8 Å². The van der Waals surface area contributed by atoms with Gasteiger partial charge in [-0.15, -0.1) is 0 Å². The van der Waals surface area contributed by atoms with Gasteiger partial charge in [-0.2, -0.15) is 0 Å². The predicted molar refractivity (Wildman–Crippen MR) is 76.0 cm³/mol. The van der Waals surface area contributed by atoms with Crippen LogP contribution in [0.15, 0.2) is 36.2 Å². The van der Waals surface area contributed by atoms with E-state index in [4.69, 9.17) is 0 Å². The van der Waals surface area contributed by atoms with Crippen molar-refractivity contribution >= 4 is 11.8 Å². The Morgan fingerprint density at radius 1 is 1.26 bits per heavy atom. The van der Waals surface area contributed by atoms with E-state index in [1.807, 2.05) is 36.9 Å². The number of nitrogens with one attached hydrogen (secondary N) is 1. The second-order valence-electron chi connectivity index (χ2n) is 4.83. The van der Waals surface area contributed by atoms with Gasteiger partial charge in [0, 0.05) is 38.6 Å². The minimum Gasteiger partial charge on any atom is -0.353 e. The van der Waals surface area contributed by atoms with Crippen LogP contribution in [0, 0.1) is 0 Å². The molecular formula is C14H20N4O. The number of hydrogen-bond acceptors (Lipinski definition) is 3. The normalized spacial score (nSPS) is 15.1. The number of nitrogens with zero attached hydrogens (tertiary/aromatic N) is 3. The third kappa shape index (κ3) is 3.71. The molecule has 2 rings (SSSR count). The molecule has 0 spiro atoms. The molecule has 0 bridgehead atoms. The smallest absolute Gasteiger partial charge is 0.321 e. The standard InChI is InChI=1S/C14H20N4O/c1-12(2)11-16-14(19)18-9-7-17(8-10-18)13-5-3-4-6-15-13/h3-6,11H,7-10H2,1-2H3,(H,16,19). The van der Waals surface area contributed by atoms with Crippen LogP contribution in [0.4, 0.5) is 10.6 Å². The molecule has 2 amide bonds. The molecule has 1 aliphatic heterocycles. The van der Waals surface area contributed by atoms with E-state index < -0.39 is 0 Å². The van der Waals surface area contributed by atoms with E-state index in [1.165, 1.54) is 0 Å². The largest absolute Gasteiger partial charge is 0.353 e. The highest BCUT2D eigenvalue weighted by Gasteiger charge is 2.20. The first kappa shape index (κ1) is 13.4. The molecule has 0 aromatic carbocycles. The number of amides is 2. The summed E-state index contributed by atoms with van der Waals surface area (Å²) in [5.74, 6) is 0.979. The van der Waals surface area contributed by atoms with E-state index >= 15 is 0 Å². The number of pyridine rings is 1. The zero-order valence-electron chi connectivity index (χ0n) is 11.5. The SMILES string of the molecule is CC(C)=CNC(=O)N1CCN(c2ccccn2)CC1. The van der Waals surface area contributed by atoms with Crippen molar-refractivity contribution in [3.63, 3.8) is 0 Å². The number of carbonyl (C=O) groups is 1. The van der Waals surface area contributed by atoms with Crippen LogP contribution >= 0.6 is 0 Å². The van der Waals surface area contributed by atoms with Gasteiger partial charge in [-0.1, -0.05) is 11.6 Å². The summed E-state index contributed by atoms with van der Waals surface area (Å²) >= 11 is 0. The molecule has 5 nitrogen and oxygen atoms in total. The van der Waals surface area contributed by atoms with Gasteiger partial charge in [-0.25, -0.2) is 9.78 Å².